The van der Waals surface area contributed by atoms with E-state index >= 15 is 0 Å². The van der Waals surface area contributed by atoms with Crippen molar-refractivity contribution in [2.24, 2.45) is 5.92 Å². The maximum atomic E-state index is 14.5. The molecule has 1 atom stereocenters. The van der Waals surface area contributed by atoms with Crippen LogP contribution in [-0.2, 0) is 9.59 Å². The molecule has 0 saturated heterocycles. The molecule has 1 aliphatic carbocycles. The molecule has 2 aromatic carbocycles. The monoisotopic (exact) mass is 459 g/mol. The van der Waals surface area contributed by atoms with Gasteiger partial charge in [0.2, 0.25) is 11.8 Å². The number of aliphatic hydroxyl groups is 1. The van der Waals surface area contributed by atoms with Gasteiger partial charge in [0.25, 0.3) is 0 Å². The minimum Gasteiger partial charge on any atom is -0.394 e. The third-order valence-electron chi connectivity index (χ3n) is 6.08. The van der Waals surface area contributed by atoms with Crippen molar-refractivity contribution in [3.8, 4) is 11.3 Å². The summed E-state index contributed by atoms with van der Waals surface area (Å²) in [5.41, 5.74) is 2.25. The first-order valence-electron chi connectivity index (χ1n) is 10.7. The van der Waals surface area contributed by atoms with Gasteiger partial charge in [-0.25, -0.2) is 13.2 Å². The number of rotatable bonds is 7. The number of hydrogen-bond acceptors (Lipinski definition) is 3. The molecule has 0 bridgehead atoms. The normalized spacial score (nSPS) is 18.6. The van der Waals surface area contributed by atoms with Gasteiger partial charge in [0.05, 0.1) is 17.8 Å². The van der Waals surface area contributed by atoms with E-state index in [2.05, 4.69) is 15.6 Å². The Morgan fingerprint density at radius 3 is 2.45 bits per heavy atom. The standard InChI is InChI=1S/C24H24F3N3O3/c1-12(32)29-20(11-31)24(33)28-10-13-6-15(7-13)21-18-8-17(26)9-19(27)23(18)30-22(21)14-2-4-16(25)5-3-14/h2-5,8-9,13,15,20,30-31H,6-7,10-11H2,1H3,(H,28,33)(H,29,32)/t13?,15?,20-/m0/s1. The van der Waals surface area contributed by atoms with Crippen LogP contribution < -0.4 is 10.6 Å². The number of aromatic amines is 1. The lowest BCUT2D eigenvalue weighted by Gasteiger charge is -2.36. The van der Waals surface area contributed by atoms with E-state index < -0.39 is 41.9 Å². The Balaban J connectivity index is 1.53. The SMILES string of the molecule is CC(=O)N[C@@H](CO)C(=O)NCC1CC(c2c(-c3ccc(F)cc3)[nH]c3c(F)cc(F)cc23)C1. The van der Waals surface area contributed by atoms with Crippen LogP contribution in [0.2, 0.25) is 0 Å². The van der Waals surface area contributed by atoms with Crippen LogP contribution in [0.1, 0.15) is 31.2 Å². The van der Waals surface area contributed by atoms with Gasteiger partial charge in [0.1, 0.15) is 23.5 Å². The Kier molecular flexibility index (Phi) is 6.42. The third kappa shape index (κ3) is 4.73. The van der Waals surface area contributed by atoms with Crippen molar-refractivity contribution in [3.63, 3.8) is 0 Å². The summed E-state index contributed by atoms with van der Waals surface area (Å²) in [6.45, 7) is 1.10. The lowest BCUT2D eigenvalue weighted by Crippen LogP contribution is -2.49. The van der Waals surface area contributed by atoms with Crippen LogP contribution >= 0.6 is 0 Å². The predicted molar refractivity (Wildman–Crippen MR) is 117 cm³/mol. The van der Waals surface area contributed by atoms with Crippen molar-refractivity contribution < 1.29 is 27.9 Å². The third-order valence-corrected chi connectivity index (χ3v) is 6.08. The van der Waals surface area contributed by atoms with Crippen LogP contribution in [0.25, 0.3) is 22.2 Å². The topological polar surface area (TPSA) is 94.2 Å². The van der Waals surface area contributed by atoms with Crippen molar-refractivity contribution in [1.82, 2.24) is 15.6 Å². The van der Waals surface area contributed by atoms with Crippen LogP contribution in [-0.4, -0.2) is 41.1 Å². The average molecular weight is 459 g/mol. The van der Waals surface area contributed by atoms with Crippen LogP contribution in [0.4, 0.5) is 13.2 Å². The maximum Gasteiger partial charge on any atom is 0.244 e. The molecule has 1 saturated carbocycles. The number of fused-ring (bicyclic) bond motifs is 1. The summed E-state index contributed by atoms with van der Waals surface area (Å²) in [5, 5.41) is 14.8. The molecule has 0 radical (unpaired) electrons. The van der Waals surface area contributed by atoms with Crippen molar-refractivity contribution in [3.05, 3.63) is 59.4 Å². The first kappa shape index (κ1) is 22.8. The Labute approximate surface area is 188 Å². The average Bonchev–Trinajstić information content (AvgIpc) is 3.10. The molecule has 2 amide bonds. The minimum atomic E-state index is -1.01. The van der Waals surface area contributed by atoms with Crippen molar-refractivity contribution >= 4 is 22.7 Å². The quantitative estimate of drug-likeness (QED) is 0.437. The molecular formula is C24H24F3N3O3. The van der Waals surface area contributed by atoms with Gasteiger partial charge in [-0.1, -0.05) is 0 Å². The number of aromatic nitrogens is 1. The van der Waals surface area contributed by atoms with E-state index in [-0.39, 0.29) is 17.4 Å². The summed E-state index contributed by atoms with van der Waals surface area (Å²) in [7, 11) is 0. The zero-order valence-electron chi connectivity index (χ0n) is 17.9. The Bertz CT molecular complexity index is 1190. The van der Waals surface area contributed by atoms with Crippen LogP contribution in [0, 0.1) is 23.4 Å². The number of amides is 2. The lowest BCUT2D eigenvalue weighted by molar-refractivity contribution is -0.129. The van der Waals surface area contributed by atoms with Crippen LogP contribution in [0.5, 0.6) is 0 Å². The fourth-order valence-electron chi connectivity index (χ4n) is 4.45. The molecule has 33 heavy (non-hydrogen) atoms. The summed E-state index contributed by atoms with van der Waals surface area (Å²) in [6.07, 6.45) is 1.34. The number of carbonyl (C=O) groups excluding carboxylic acids is 2. The van der Waals surface area contributed by atoms with Gasteiger partial charge in [-0.05, 0) is 66.1 Å². The molecular weight excluding hydrogens is 435 g/mol. The van der Waals surface area contributed by atoms with Gasteiger partial charge >= 0.3 is 0 Å². The summed E-state index contributed by atoms with van der Waals surface area (Å²) in [5.74, 6) is -2.54. The Hall–Kier alpha value is -3.33. The van der Waals surface area contributed by atoms with Gasteiger partial charge in [0, 0.05) is 24.9 Å². The van der Waals surface area contributed by atoms with E-state index in [0.717, 1.165) is 11.6 Å². The molecule has 4 N–H and O–H groups in total. The predicted octanol–water partition coefficient (Wildman–Crippen LogP) is 3.36. The summed E-state index contributed by atoms with van der Waals surface area (Å²) < 4.78 is 41.9. The first-order valence-corrected chi connectivity index (χ1v) is 10.7. The summed E-state index contributed by atoms with van der Waals surface area (Å²) >= 11 is 0. The zero-order valence-corrected chi connectivity index (χ0v) is 17.9. The van der Waals surface area contributed by atoms with E-state index in [1.807, 2.05) is 0 Å². The van der Waals surface area contributed by atoms with E-state index in [0.29, 0.717) is 36.0 Å². The Morgan fingerprint density at radius 2 is 1.82 bits per heavy atom. The highest BCUT2D eigenvalue weighted by atomic mass is 19.1. The van der Waals surface area contributed by atoms with Gasteiger partial charge in [0.15, 0.2) is 0 Å². The number of hydrogen-bond donors (Lipinski definition) is 4. The molecule has 0 unspecified atom stereocenters. The summed E-state index contributed by atoms with van der Waals surface area (Å²) in [4.78, 5) is 26.4. The number of halogens is 3. The highest BCUT2D eigenvalue weighted by molar-refractivity contribution is 5.92. The second-order valence-corrected chi connectivity index (χ2v) is 8.45. The number of carbonyl (C=O) groups is 2. The fraction of sp³-hybridized carbons (Fsp3) is 0.333. The molecule has 6 nitrogen and oxygen atoms in total. The number of benzene rings is 2. The van der Waals surface area contributed by atoms with Crippen molar-refractivity contribution in [1.29, 1.82) is 0 Å². The van der Waals surface area contributed by atoms with Gasteiger partial charge in [-0.2, -0.15) is 0 Å². The number of H-pyrrole nitrogens is 1. The zero-order chi connectivity index (χ0) is 23.7. The maximum absolute atomic E-state index is 14.5. The second-order valence-electron chi connectivity index (χ2n) is 8.45. The fourth-order valence-corrected chi connectivity index (χ4v) is 4.45. The summed E-state index contributed by atoms with van der Waals surface area (Å²) in [6, 6.07) is 6.91. The highest BCUT2D eigenvalue weighted by Gasteiger charge is 2.35. The molecule has 1 aromatic heterocycles. The second kappa shape index (κ2) is 9.27. The molecule has 1 fully saturated rings. The van der Waals surface area contributed by atoms with Gasteiger partial charge in [-0.15, -0.1) is 0 Å². The minimum absolute atomic E-state index is 0.00844. The van der Waals surface area contributed by atoms with Crippen LogP contribution in [0.3, 0.4) is 0 Å². The molecule has 1 heterocycles. The molecule has 0 aliphatic heterocycles. The molecule has 4 rings (SSSR count). The van der Waals surface area contributed by atoms with E-state index in [1.54, 1.807) is 12.1 Å². The van der Waals surface area contributed by atoms with Gasteiger partial charge < -0.3 is 20.7 Å². The van der Waals surface area contributed by atoms with E-state index in [4.69, 9.17) is 0 Å². The smallest absolute Gasteiger partial charge is 0.244 e. The molecule has 1 aliphatic rings. The van der Waals surface area contributed by atoms with Crippen molar-refractivity contribution in [2.75, 3.05) is 13.2 Å². The molecule has 3 aromatic rings. The molecule has 174 valence electrons. The number of nitrogens with one attached hydrogen (secondary N) is 3. The van der Waals surface area contributed by atoms with Crippen LogP contribution in [0.15, 0.2) is 36.4 Å². The number of aliphatic hydroxyl groups excluding tert-OH is 1. The molecule has 0 spiro atoms. The first-order chi connectivity index (χ1) is 15.8. The van der Waals surface area contributed by atoms with E-state index in [1.165, 1.54) is 25.1 Å². The Morgan fingerprint density at radius 1 is 1.12 bits per heavy atom. The molecule has 9 heteroatoms. The van der Waals surface area contributed by atoms with E-state index in [9.17, 15) is 27.9 Å². The van der Waals surface area contributed by atoms with Gasteiger partial charge in [-0.3, -0.25) is 9.59 Å². The van der Waals surface area contributed by atoms with Crippen molar-refractivity contribution in [2.45, 2.75) is 31.7 Å². The largest absolute Gasteiger partial charge is 0.394 e. The lowest BCUT2D eigenvalue weighted by atomic mass is 9.70. The highest BCUT2D eigenvalue weighted by Crippen LogP contribution is 2.48.